The average molecular weight is 505 g/mol. The van der Waals surface area contributed by atoms with E-state index in [4.69, 9.17) is 9.47 Å². The fourth-order valence-corrected chi connectivity index (χ4v) is 4.65. The summed E-state index contributed by atoms with van der Waals surface area (Å²) in [7, 11) is 6.97. The highest BCUT2D eigenvalue weighted by Gasteiger charge is 2.47. The number of para-hydroxylation sites is 1. The maximum Gasteiger partial charge on any atom is 0.295 e. The SMILES string of the molecule is COc1ccc(C2C(=C(O)c3cnn(-c4ccccc4)c3C)C(=O)C(=O)N2CCCN(C)C)c(OC)c1. The van der Waals surface area contributed by atoms with Gasteiger partial charge < -0.3 is 24.4 Å². The van der Waals surface area contributed by atoms with Gasteiger partial charge in [-0.3, -0.25) is 9.59 Å². The molecule has 1 unspecified atom stereocenters. The van der Waals surface area contributed by atoms with Crippen LogP contribution in [0, 0.1) is 6.92 Å². The van der Waals surface area contributed by atoms with Crippen LogP contribution in [-0.4, -0.2) is 77.8 Å². The lowest BCUT2D eigenvalue weighted by atomic mass is 9.94. The molecule has 1 fully saturated rings. The lowest BCUT2D eigenvalue weighted by molar-refractivity contribution is -0.140. The minimum Gasteiger partial charge on any atom is -0.507 e. The molecule has 1 amide bonds. The van der Waals surface area contributed by atoms with Gasteiger partial charge in [0.2, 0.25) is 0 Å². The molecule has 1 aromatic heterocycles. The topological polar surface area (TPSA) is 97.1 Å². The van der Waals surface area contributed by atoms with Gasteiger partial charge in [0, 0.05) is 18.2 Å². The van der Waals surface area contributed by atoms with Crippen molar-refractivity contribution in [2.75, 3.05) is 41.4 Å². The van der Waals surface area contributed by atoms with E-state index in [1.807, 2.05) is 56.3 Å². The predicted octanol–water partition coefficient (Wildman–Crippen LogP) is 3.57. The Labute approximate surface area is 216 Å². The first-order chi connectivity index (χ1) is 17.8. The molecule has 0 radical (unpaired) electrons. The number of ketones is 1. The summed E-state index contributed by atoms with van der Waals surface area (Å²) < 4.78 is 12.6. The number of aliphatic hydroxyl groups is 1. The Morgan fingerprint density at radius 3 is 2.46 bits per heavy atom. The number of rotatable bonds is 9. The Bertz CT molecular complexity index is 1330. The smallest absolute Gasteiger partial charge is 0.295 e. The first kappa shape index (κ1) is 26.0. The van der Waals surface area contributed by atoms with Crippen molar-refractivity contribution in [3.05, 3.63) is 77.1 Å². The minimum absolute atomic E-state index is 0.00836. The minimum atomic E-state index is -0.831. The standard InChI is InChI=1S/C28H32N4O5/c1-18-22(17-29-32(18)19-10-7-6-8-11-19)26(33)24-25(21-13-12-20(36-4)16-23(21)37-5)31(28(35)27(24)34)15-9-14-30(2)3/h6-8,10-13,16-17,25,33H,9,14-15H2,1-5H3. The van der Waals surface area contributed by atoms with Crippen LogP contribution in [0.15, 0.2) is 60.3 Å². The molecule has 37 heavy (non-hydrogen) atoms. The van der Waals surface area contributed by atoms with Crippen LogP contribution in [0.1, 0.15) is 29.3 Å². The van der Waals surface area contributed by atoms with Crippen LogP contribution in [0.2, 0.25) is 0 Å². The normalized spacial score (nSPS) is 17.0. The second-order valence-electron chi connectivity index (χ2n) is 9.15. The van der Waals surface area contributed by atoms with Gasteiger partial charge in [-0.25, -0.2) is 4.68 Å². The molecule has 0 spiro atoms. The number of aliphatic hydroxyl groups excluding tert-OH is 1. The Morgan fingerprint density at radius 2 is 1.81 bits per heavy atom. The number of hydrogen-bond acceptors (Lipinski definition) is 7. The summed E-state index contributed by atoms with van der Waals surface area (Å²) >= 11 is 0. The highest BCUT2D eigenvalue weighted by Crippen LogP contribution is 2.44. The first-order valence-electron chi connectivity index (χ1n) is 12.0. The molecule has 1 atom stereocenters. The van der Waals surface area contributed by atoms with Gasteiger partial charge in [0.1, 0.15) is 17.3 Å². The Hall–Kier alpha value is -4.11. The Balaban J connectivity index is 1.86. The fourth-order valence-electron chi connectivity index (χ4n) is 4.65. The van der Waals surface area contributed by atoms with Gasteiger partial charge in [-0.05, 0) is 58.3 Å². The molecule has 2 aromatic carbocycles. The van der Waals surface area contributed by atoms with Crippen molar-refractivity contribution in [3.63, 3.8) is 0 Å². The summed E-state index contributed by atoms with van der Waals surface area (Å²) in [5.41, 5.74) is 2.43. The molecular formula is C28H32N4O5. The highest BCUT2D eigenvalue weighted by atomic mass is 16.5. The Morgan fingerprint density at radius 1 is 1.08 bits per heavy atom. The largest absolute Gasteiger partial charge is 0.507 e. The molecule has 1 saturated heterocycles. The van der Waals surface area contributed by atoms with Gasteiger partial charge in [-0.1, -0.05) is 18.2 Å². The quantitative estimate of drug-likeness (QED) is 0.270. The lowest BCUT2D eigenvalue weighted by Crippen LogP contribution is -2.32. The summed E-state index contributed by atoms with van der Waals surface area (Å²) in [4.78, 5) is 30.2. The molecule has 9 heteroatoms. The summed E-state index contributed by atoms with van der Waals surface area (Å²) in [6.45, 7) is 2.88. The maximum absolute atomic E-state index is 13.4. The number of carbonyl (C=O) groups is 2. The van der Waals surface area contributed by atoms with Crippen LogP contribution in [0.25, 0.3) is 11.4 Å². The number of amides is 1. The van der Waals surface area contributed by atoms with Crippen LogP contribution in [0.3, 0.4) is 0 Å². The van der Waals surface area contributed by atoms with Gasteiger partial charge in [-0.15, -0.1) is 0 Å². The van der Waals surface area contributed by atoms with E-state index < -0.39 is 17.7 Å². The molecule has 0 aliphatic carbocycles. The zero-order chi connectivity index (χ0) is 26.7. The number of hydrogen-bond donors (Lipinski definition) is 1. The third-order valence-corrected chi connectivity index (χ3v) is 6.55. The number of carbonyl (C=O) groups excluding carboxylic acids is 2. The van der Waals surface area contributed by atoms with Crippen molar-refractivity contribution in [1.82, 2.24) is 19.6 Å². The van der Waals surface area contributed by atoms with Crippen LogP contribution in [0.5, 0.6) is 11.5 Å². The van der Waals surface area contributed by atoms with E-state index in [-0.39, 0.29) is 11.3 Å². The molecule has 1 aliphatic heterocycles. The number of nitrogens with zero attached hydrogens (tertiary/aromatic N) is 4. The lowest BCUT2D eigenvalue weighted by Gasteiger charge is -2.27. The second kappa shape index (κ2) is 10.9. The molecule has 3 aromatic rings. The highest BCUT2D eigenvalue weighted by molar-refractivity contribution is 6.46. The second-order valence-corrected chi connectivity index (χ2v) is 9.15. The summed E-state index contributed by atoms with van der Waals surface area (Å²) in [6, 6.07) is 13.9. The molecule has 2 heterocycles. The summed E-state index contributed by atoms with van der Waals surface area (Å²) in [6.07, 6.45) is 2.17. The van der Waals surface area contributed by atoms with Crippen LogP contribution < -0.4 is 9.47 Å². The molecule has 4 rings (SSSR count). The van der Waals surface area contributed by atoms with Crippen LogP contribution in [-0.2, 0) is 9.59 Å². The number of likely N-dealkylation sites (tertiary alicyclic amines) is 1. The van der Waals surface area contributed by atoms with Crippen molar-refractivity contribution in [3.8, 4) is 17.2 Å². The fraction of sp³-hybridized carbons (Fsp3) is 0.321. The van der Waals surface area contributed by atoms with Crippen molar-refractivity contribution < 1.29 is 24.2 Å². The molecule has 9 nitrogen and oxygen atoms in total. The molecular weight excluding hydrogens is 472 g/mol. The molecule has 0 bridgehead atoms. The van der Waals surface area contributed by atoms with Crippen molar-refractivity contribution in [1.29, 1.82) is 0 Å². The van der Waals surface area contributed by atoms with Gasteiger partial charge in [0.05, 0.1) is 49.0 Å². The number of benzene rings is 2. The van der Waals surface area contributed by atoms with Gasteiger partial charge in [-0.2, -0.15) is 5.10 Å². The third kappa shape index (κ3) is 4.95. The number of methoxy groups -OCH3 is 2. The van der Waals surface area contributed by atoms with Crippen molar-refractivity contribution in [2.24, 2.45) is 0 Å². The van der Waals surface area contributed by atoms with Crippen molar-refractivity contribution >= 4 is 17.4 Å². The number of aromatic nitrogens is 2. The van der Waals surface area contributed by atoms with Gasteiger partial charge in [0.15, 0.2) is 0 Å². The maximum atomic E-state index is 13.4. The third-order valence-electron chi connectivity index (χ3n) is 6.55. The number of ether oxygens (including phenoxy) is 2. The molecule has 194 valence electrons. The van der Waals surface area contributed by atoms with E-state index in [1.165, 1.54) is 18.2 Å². The van der Waals surface area contributed by atoms with E-state index in [0.29, 0.717) is 41.3 Å². The van der Waals surface area contributed by atoms with Crippen molar-refractivity contribution in [2.45, 2.75) is 19.4 Å². The predicted molar refractivity (Wildman–Crippen MR) is 140 cm³/mol. The molecule has 0 saturated carbocycles. The first-order valence-corrected chi connectivity index (χ1v) is 12.0. The Kier molecular flexibility index (Phi) is 7.63. The van der Waals surface area contributed by atoms with E-state index >= 15 is 0 Å². The number of Topliss-reactive ketones (excluding diaryl/α,β-unsaturated/α-hetero) is 1. The molecule has 1 N–H and O–H groups in total. The zero-order valence-corrected chi connectivity index (χ0v) is 21.8. The van der Waals surface area contributed by atoms with E-state index in [1.54, 1.807) is 30.0 Å². The van der Waals surface area contributed by atoms with Crippen LogP contribution >= 0.6 is 0 Å². The van der Waals surface area contributed by atoms with Gasteiger partial charge in [0.25, 0.3) is 11.7 Å². The van der Waals surface area contributed by atoms with E-state index in [0.717, 1.165) is 12.2 Å². The van der Waals surface area contributed by atoms with E-state index in [9.17, 15) is 14.7 Å². The zero-order valence-electron chi connectivity index (χ0n) is 21.8. The summed E-state index contributed by atoms with van der Waals surface area (Å²) in [5, 5.41) is 16.0. The monoisotopic (exact) mass is 504 g/mol. The van der Waals surface area contributed by atoms with E-state index in [2.05, 4.69) is 5.10 Å². The molecule has 1 aliphatic rings. The average Bonchev–Trinajstić information content (AvgIpc) is 3.40. The summed E-state index contributed by atoms with van der Waals surface area (Å²) in [5.74, 6) is -0.638. The van der Waals surface area contributed by atoms with Gasteiger partial charge >= 0.3 is 0 Å². The van der Waals surface area contributed by atoms with Crippen LogP contribution in [0.4, 0.5) is 0 Å².